The SMILES string of the molecule is CC/C(Cc1ccc(C)cc1)=N/c1ccccc1C. The van der Waals surface area contributed by atoms with Crippen LogP contribution in [0, 0.1) is 13.8 Å². The van der Waals surface area contributed by atoms with Gasteiger partial charge < -0.3 is 0 Å². The van der Waals surface area contributed by atoms with E-state index in [4.69, 9.17) is 4.99 Å². The molecule has 0 amide bonds. The van der Waals surface area contributed by atoms with Gasteiger partial charge in [0.15, 0.2) is 0 Å². The third-order valence-electron chi connectivity index (χ3n) is 3.33. The van der Waals surface area contributed by atoms with Crippen LogP contribution >= 0.6 is 0 Å². The molecule has 1 heteroatoms. The Balaban J connectivity index is 2.21. The lowest BCUT2D eigenvalue weighted by atomic mass is 10.0. The monoisotopic (exact) mass is 251 g/mol. The van der Waals surface area contributed by atoms with Gasteiger partial charge in [-0.1, -0.05) is 55.0 Å². The van der Waals surface area contributed by atoms with Gasteiger partial charge in [0.25, 0.3) is 0 Å². The second-order valence-corrected chi connectivity index (χ2v) is 4.98. The molecule has 2 aromatic rings. The van der Waals surface area contributed by atoms with Gasteiger partial charge >= 0.3 is 0 Å². The number of aliphatic imine (C=N–C) groups is 1. The van der Waals surface area contributed by atoms with Gasteiger partial charge in [-0.15, -0.1) is 0 Å². The van der Waals surface area contributed by atoms with E-state index in [0.29, 0.717) is 0 Å². The fourth-order valence-electron chi connectivity index (χ4n) is 2.04. The summed E-state index contributed by atoms with van der Waals surface area (Å²) in [4.78, 5) is 4.81. The van der Waals surface area contributed by atoms with E-state index in [-0.39, 0.29) is 0 Å². The van der Waals surface area contributed by atoms with E-state index in [0.717, 1.165) is 18.5 Å². The number of aryl methyl sites for hydroxylation is 2. The topological polar surface area (TPSA) is 12.4 Å². The molecule has 2 rings (SSSR count). The lowest BCUT2D eigenvalue weighted by Gasteiger charge is -2.06. The Kier molecular flexibility index (Phi) is 4.51. The van der Waals surface area contributed by atoms with Crippen molar-refractivity contribution < 1.29 is 0 Å². The molecule has 0 spiro atoms. The molecule has 0 aromatic heterocycles. The summed E-state index contributed by atoms with van der Waals surface area (Å²) in [5.74, 6) is 0. The van der Waals surface area contributed by atoms with Gasteiger partial charge in [-0.3, -0.25) is 4.99 Å². The largest absolute Gasteiger partial charge is 0.257 e. The van der Waals surface area contributed by atoms with Crippen LogP contribution in [-0.2, 0) is 6.42 Å². The third kappa shape index (κ3) is 3.78. The van der Waals surface area contributed by atoms with E-state index in [1.807, 2.05) is 6.07 Å². The first-order chi connectivity index (χ1) is 9.19. The van der Waals surface area contributed by atoms with E-state index in [1.165, 1.54) is 22.4 Å². The van der Waals surface area contributed by atoms with E-state index in [2.05, 4.69) is 63.2 Å². The highest BCUT2D eigenvalue weighted by molar-refractivity contribution is 5.88. The highest BCUT2D eigenvalue weighted by Gasteiger charge is 2.01. The summed E-state index contributed by atoms with van der Waals surface area (Å²) in [6.07, 6.45) is 1.92. The molecule has 0 radical (unpaired) electrons. The smallest absolute Gasteiger partial charge is 0.0658 e. The molecule has 0 bridgehead atoms. The maximum Gasteiger partial charge on any atom is 0.0658 e. The fourth-order valence-corrected chi connectivity index (χ4v) is 2.04. The highest BCUT2D eigenvalue weighted by Crippen LogP contribution is 2.19. The molecule has 0 saturated carbocycles. The summed E-state index contributed by atoms with van der Waals surface area (Å²) < 4.78 is 0. The van der Waals surface area contributed by atoms with Crippen molar-refractivity contribution in [2.75, 3.05) is 0 Å². The zero-order valence-corrected chi connectivity index (χ0v) is 12.0. The Morgan fingerprint density at radius 1 is 0.947 bits per heavy atom. The molecule has 2 aromatic carbocycles. The fraction of sp³-hybridized carbons (Fsp3) is 0.278. The molecule has 0 N–H and O–H groups in total. The molecule has 0 aliphatic rings. The van der Waals surface area contributed by atoms with E-state index in [9.17, 15) is 0 Å². The van der Waals surface area contributed by atoms with Crippen molar-refractivity contribution in [1.82, 2.24) is 0 Å². The minimum atomic E-state index is 0.936. The third-order valence-corrected chi connectivity index (χ3v) is 3.33. The van der Waals surface area contributed by atoms with Crippen LogP contribution < -0.4 is 0 Å². The molecule has 1 nitrogen and oxygen atoms in total. The molecule has 0 unspecified atom stereocenters. The van der Waals surface area contributed by atoms with Crippen LogP contribution in [0.25, 0.3) is 0 Å². The van der Waals surface area contributed by atoms with E-state index in [1.54, 1.807) is 0 Å². The van der Waals surface area contributed by atoms with Gasteiger partial charge in [0.2, 0.25) is 0 Å². The van der Waals surface area contributed by atoms with Crippen molar-refractivity contribution >= 4 is 11.4 Å². The van der Waals surface area contributed by atoms with Crippen LogP contribution in [0.15, 0.2) is 53.5 Å². The number of para-hydroxylation sites is 1. The average molecular weight is 251 g/mol. The zero-order chi connectivity index (χ0) is 13.7. The summed E-state index contributed by atoms with van der Waals surface area (Å²) in [7, 11) is 0. The van der Waals surface area contributed by atoms with Crippen molar-refractivity contribution in [2.45, 2.75) is 33.6 Å². The minimum absolute atomic E-state index is 0.936. The van der Waals surface area contributed by atoms with Gasteiger partial charge in [-0.05, 0) is 37.5 Å². The normalized spacial score (nSPS) is 11.6. The van der Waals surface area contributed by atoms with Crippen LogP contribution in [0.4, 0.5) is 5.69 Å². The number of hydrogen-bond donors (Lipinski definition) is 0. The maximum atomic E-state index is 4.81. The number of hydrogen-bond acceptors (Lipinski definition) is 1. The Morgan fingerprint density at radius 2 is 1.63 bits per heavy atom. The quantitative estimate of drug-likeness (QED) is 0.676. The van der Waals surface area contributed by atoms with Gasteiger partial charge in [0.05, 0.1) is 5.69 Å². The van der Waals surface area contributed by atoms with Crippen LogP contribution in [0.3, 0.4) is 0 Å². The Morgan fingerprint density at radius 3 is 2.26 bits per heavy atom. The first-order valence-corrected chi connectivity index (χ1v) is 6.86. The molecule has 19 heavy (non-hydrogen) atoms. The van der Waals surface area contributed by atoms with E-state index >= 15 is 0 Å². The van der Waals surface area contributed by atoms with Crippen molar-refractivity contribution in [2.24, 2.45) is 4.99 Å². The van der Waals surface area contributed by atoms with Crippen LogP contribution in [-0.4, -0.2) is 5.71 Å². The van der Waals surface area contributed by atoms with Crippen molar-refractivity contribution in [3.8, 4) is 0 Å². The first kappa shape index (κ1) is 13.5. The Bertz CT molecular complexity index is 564. The predicted molar refractivity (Wildman–Crippen MR) is 83.4 cm³/mol. The summed E-state index contributed by atoms with van der Waals surface area (Å²) in [5.41, 5.74) is 6.19. The summed E-state index contributed by atoms with van der Waals surface area (Å²) in [6, 6.07) is 17.0. The van der Waals surface area contributed by atoms with Gasteiger partial charge in [-0.2, -0.15) is 0 Å². The highest BCUT2D eigenvalue weighted by atomic mass is 14.7. The van der Waals surface area contributed by atoms with E-state index < -0.39 is 0 Å². The first-order valence-electron chi connectivity index (χ1n) is 6.86. The predicted octanol–water partition coefficient (Wildman–Crippen LogP) is 5.03. The van der Waals surface area contributed by atoms with Crippen LogP contribution in [0.1, 0.15) is 30.0 Å². The average Bonchev–Trinajstić information content (AvgIpc) is 2.43. The van der Waals surface area contributed by atoms with Crippen LogP contribution in [0.5, 0.6) is 0 Å². The van der Waals surface area contributed by atoms with Gasteiger partial charge in [0, 0.05) is 12.1 Å². The zero-order valence-electron chi connectivity index (χ0n) is 12.0. The second kappa shape index (κ2) is 6.33. The summed E-state index contributed by atoms with van der Waals surface area (Å²) >= 11 is 0. The summed E-state index contributed by atoms with van der Waals surface area (Å²) in [5, 5.41) is 0. The maximum absolute atomic E-state index is 4.81. The Hall–Kier alpha value is -1.89. The molecule has 0 heterocycles. The number of benzene rings is 2. The molecule has 0 aliphatic carbocycles. The van der Waals surface area contributed by atoms with Crippen molar-refractivity contribution in [1.29, 1.82) is 0 Å². The molecule has 0 atom stereocenters. The molecule has 0 saturated heterocycles. The van der Waals surface area contributed by atoms with Crippen LogP contribution in [0.2, 0.25) is 0 Å². The summed E-state index contributed by atoms with van der Waals surface area (Å²) in [6.45, 7) is 6.40. The van der Waals surface area contributed by atoms with Crippen molar-refractivity contribution in [3.63, 3.8) is 0 Å². The minimum Gasteiger partial charge on any atom is -0.257 e. The van der Waals surface area contributed by atoms with Gasteiger partial charge in [-0.25, -0.2) is 0 Å². The number of nitrogens with zero attached hydrogens (tertiary/aromatic N) is 1. The number of rotatable bonds is 4. The lowest BCUT2D eigenvalue weighted by molar-refractivity contribution is 1.17. The molecule has 0 fully saturated rings. The second-order valence-electron chi connectivity index (χ2n) is 4.98. The standard InChI is InChI=1S/C18H21N/c1-4-17(13-16-11-9-14(2)10-12-16)19-18-8-6-5-7-15(18)3/h5-12H,4,13H2,1-3H3/b19-17-. The lowest BCUT2D eigenvalue weighted by Crippen LogP contribution is -2.01. The van der Waals surface area contributed by atoms with Crippen molar-refractivity contribution in [3.05, 3.63) is 65.2 Å². The van der Waals surface area contributed by atoms with Gasteiger partial charge in [0.1, 0.15) is 0 Å². The Labute approximate surface area is 116 Å². The molecule has 0 aliphatic heterocycles. The molecular formula is C18H21N. The molecular weight excluding hydrogens is 230 g/mol. The molecule has 98 valence electrons.